The zero-order chi connectivity index (χ0) is 14.7. The van der Waals surface area contributed by atoms with Gasteiger partial charge in [-0.05, 0) is 18.9 Å². The Morgan fingerprint density at radius 1 is 1.19 bits per heavy atom. The van der Waals surface area contributed by atoms with Crippen molar-refractivity contribution in [2.24, 2.45) is 0 Å². The fraction of sp³-hybridized carbons (Fsp3) is 0.412. The van der Waals surface area contributed by atoms with Crippen LogP contribution in [-0.2, 0) is 6.42 Å². The topological polar surface area (TPSA) is 41.1 Å². The van der Waals surface area contributed by atoms with Crippen LogP contribution >= 0.6 is 0 Å². The van der Waals surface area contributed by atoms with E-state index in [0.717, 1.165) is 49.7 Å². The molecule has 1 aliphatic heterocycles. The van der Waals surface area contributed by atoms with Gasteiger partial charge in [-0.25, -0.2) is 9.97 Å². The van der Waals surface area contributed by atoms with Crippen LogP contribution in [0.5, 0.6) is 0 Å². The summed E-state index contributed by atoms with van der Waals surface area (Å²) in [4.78, 5) is 11.8. The molecule has 21 heavy (non-hydrogen) atoms. The highest BCUT2D eigenvalue weighted by molar-refractivity contribution is 5.62. The minimum Gasteiger partial charge on any atom is -0.366 e. The molecule has 1 fully saturated rings. The van der Waals surface area contributed by atoms with E-state index in [1.54, 1.807) is 0 Å². The van der Waals surface area contributed by atoms with Crippen molar-refractivity contribution in [3.8, 4) is 11.4 Å². The molecule has 0 aliphatic carbocycles. The van der Waals surface area contributed by atoms with Gasteiger partial charge >= 0.3 is 0 Å². The molecule has 1 aliphatic rings. The maximum Gasteiger partial charge on any atom is 0.159 e. The van der Waals surface area contributed by atoms with Gasteiger partial charge in [-0.1, -0.05) is 31.2 Å². The van der Waals surface area contributed by atoms with E-state index < -0.39 is 0 Å². The van der Waals surface area contributed by atoms with Gasteiger partial charge < -0.3 is 10.2 Å². The Morgan fingerprint density at radius 3 is 2.67 bits per heavy atom. The highest BCUT2D eigenvalue weighted by atomic mass is 15.2. The van der Waals surface area contributed by atoms with Crippen molar-refractivity contribution in [3.05, 3.63) is 41.7 Å². The van der Waals surface area contributed by atoms with E-state index in [1.165, 1.54) is 11.3 Å². The number of piperazine rings is 1. The number of anilines is 1. The van der Waals surface area contributed by atoms with Crippen molar-refractivity contribution in [1.29, 1.82) is 0 Å². The molecule has 2 aromatic rings. The first-order valence-corrected chi connectivity index (χ1v) is 7.67. The van der Waals surface area contributed by atoms with Crippen LogP contribution in [0.3, 0.4) is 0 Å². The molecule has 2 heterocycles. The van der Waals surface area contributed by atoms with Crippen LogP contribution in [0.4, 0.5) is 5.69 Å². The van der Waals surface area contributed by atoms with Gasteiger partial charge in [0.1, 0.15) is 0 Å². The van der Waals surface area contributed by atoms with Crippen LogP contribution in [-0.4, -0.2) is 36.1 Å². The number of rotatable bonds is 3. The second-order valence-electron chi connectivity index (χ2n) is 5.43. The van der Waals surface area contributed by atoms with Crippen LogP contribution in [0.15, 0.2) is 30.5 Å². The molecule has 0 spiro atoms. The zero-order valence-corrected chi connectivity index (χ0v) is 12.8. The Labute approximate surface area is 126 Å². The molecule has 4 nitrogen and oxygen atoms in total. The smallest absolute Gasteiger partial charge is 0.159 e. The number of nitrogens with one attached hydrogen (secondary N) is 1. The number of nitrogens with zero attached hydrogens (tertiary/aromatic N) is 3. The van der Waals surface area contributed by atoms with Crippen molar-refractivity contribution in [2.75, 3.05) is 31.1 Å². The summed E-state index contributed by atoms with van der Waals surface area (Å²) in [6.07, 6.45) is 2.93. The number of aryl methyl sites for hydroxylation is 2. The molecule has 0 atom stereocenters. The Kier molecular flexibility index (Phi) is 4.15. The first kappa shape index (κ1) is 14.0. The molecule has 110 valence electrons. The molecule has 1 saturated heterocycles. The number of benzene rings is 1. The highest BCUT2D eigenvalue weighted by Gasteiger charge is 2.16. The third-order valence-corrected chi connectivity index (χ3v) is 4.02. The maximum atomic E-state index is 4.82. The molecule has 0 radical (unpaired) electrons. The van der Waals surface area contributed by atoms with E-state index in [4.69, 9.17) is 4.98 Å². The summed E-state index contributed by atoms with van der Waals surface area (Å²) in [6.45, 7) is 8.38. The number of hydrogen-bond acceptors (Lipinski definition) is 4. The summed E-state index contributed by atoms with van der Waals surface area (Å²) in [6, 6.07) is 8.29. The number of aromatic nitrogens is 2. The van der Waals surface area contributed by atoms with Gasteiger partial charge in [0, 0.05) is 31.7 Å². The Balaban J connectivity index is 1.97. The molecule has 1 aromatic carbocycles. The second kappa shape index (κ2) is 6.22. The monoisotopic (exact) mass is 282 g/mol. The summed E-state index contributed by atoms with van der Waals surface area (Å²) in [5, 5.41) is 3.38. The lowest BCUT2D eigenvalue weighted by Crippen LogP contribution is -2.44. The van der Waals surface area contributed by atoms with Gasteiger partial charge in [-0.2, -0.15) is 0 Å². The van der Waals surface area contributed by atoms with E-state index in [9.17, 15) is 0 Å². The lowest BCUT2D eigenvalue weighted by atomic mass is 10.1. The average molecular weight is 282 g/mol. The fourth-order valence-electron chi connectivity index (χ4n) is 2.79. The molecule has 0 unspecified atom stereocenters. The molecule has 3 rings (SSSR count). The predicted molar refractivity (Wildman–Crippen MR) is 86.7 cm³/mol. The van der Waals surface area contributed by atoms with Crippen LogP contribution in [0.2, 0.25) is 0 Å². The Morgan fingerprint density at radius 2 is 1.95 bits per heavy atom. The zero-order valence-electron chi connectivity index (χ0n) is 12.8. The SMILES string of the molecule is CCc1nc(-c2ccccc2C)ncc1N1CCNCC1. The summed E-state index contributed by atoms with van der Waals surface area (Å²) >= 11 is 0. The third kappa shape index (κ3) is 2.90. The molecule has 4 heteroatoms. The van der Waals surface area contributed by atoms with E-state index in [0.29, 0.717) is 0 Å². The van der Waals surface area contributed by atoms with Gasteiger partial charge in [-0.15, -0.1) is 0 Å². The molecule has 1 aromatic heterocycles. The van der Waals surface area contributed by atoms with Crippen LogP contribution in [0.1, 0.15) is 18.2 Å². The minimum atomic E-state index is 0.837. The van der Waals surface area contributed by atoms with Crippen molar-refractivity contribution >= 4 is 5.69 Å². The highest BCUT2D eigenvalue weighted by Crippen LogP contribution is 2.24. The van der Waals surface area contributed by atoms with Gasteiger partial charge in [0.25, 0.3) is 0 Å². The summed E-state index contributed by atoms with van der Waals surface area (Å²) in [5.41, 5.74) is 4.68. The lowest BCUT2D eigenvalue weighted by molar-refractivity contribution is 0.586. The molecule has 0 saturated carbocycles. The molecule has 1 N–H and O–H groups in total. The van der Waals surface area contributed by atoms with E-state index >= 15 is 0 Å². The molecule has 0 bridgehead atoms. The summed E-state index contributed by atoms with van der Waals surface area (Å²) < 4.78 is 0. The normalized spacial score (nSPS) is 15.2. The molecule has 0 amide bonds. The fourth-order valence-corrected chi connectivity index (χ4v) is 2.79. The largest absolute Gasteiger partial charge is 0.366 e. The van der Waals surface area contributed by atoms with Crippen LogP contribution in [0, 0.1) is 6.92 Å². The van der Waals surface area contributed by atoms with E-state index in [-0.39, 0.29) is 0 Å². The summed E-state index contributed by atoms with van der Waals surface area (Å²) in [7, 11) is 0. The van der Waals surface area contributed by atoms with Crippen molar-refractivity contribution in [1.82, 2.24) is 15.3 Å². The summed E-state index contributed by atoms with van der Waals surface area (Å²) in [5.74, 6) is 0.837. The molecular weight excluding hydrogens is 260 g/mol. The third-order valence-electron chi connectivity index (χ3n) is 4.02. The minimum absolute atomic E-state index is 0.837. The first-order chi connectivity index (χ1) is 10.3. The van der Waals surface area contributed by atoms with Gasteiger partial charge in [-0.3, -0.25) is 0 Å². The van der Waals surface area contributed by atoms with E-state index in [1.807, 2.05) is 12.3 Å². The predicted octanol–water partition coefficient (Wildman–Crippen LogP) is 2.42. The average Bonchev–Trinajstić information content (AvgIpc) is 2.55. The van der Waals surface area contributed by atoms with Crippen molar-refractivity contribution in [3.63, 3.8) is 0 Å². The van der Waals surface area contributed by atoms with Crippen molar-refractivity contribution < 1.29 is 0 Å². The first-order valence-electron chi connectivity index (χ1n) is 7.67. The Hall–Kier alpha value is -1.94. The number of hydrogen-bond donors (Lipinski definition) is 1. The van der Waals surface area contributed by atoms with Crippen molar-refractivity contribution in [2.45, 2.75) is 20.3 Å². The quantitative estimate of drug-likeness (QED) is 0.938. The maximum absolute atomic E-state index is 4.82. The Bertz CT molecular complexity index is 618. The van der Waals surface area contributed by atoms with Gasteiger partial charge in [0.2, 0.25) is 0 Å². The molecular formula is C17H22N4. The van der Waals surface area contributed by atoms with E-state index in [2.05, 4.69) is 47.2 Å². The van der Waals surface area contributed by atoms with Gasteiger partial charge in [0.15, 0.2) is 5.82 Å². The van der Waals surface area contributed by atoms with Gasteiger partial charge in [0.05, 0.1) is 17.6 Å². The second-order valence-corrected chi connectivity index (χ2v) is 5.43. The van der Waals surface area contributed by atoms with Crippen LogP contribution in [0.25, 0.3) is 11.4 Å². The standard InChI is InChI=1S/C17H22N4/c1-3-15-16(21-10-8-18-9-11-21)12-19-17(20-15)14-7-5-4-6-13(14)2/h4-7,12,18H,3,8-11H2,1-2H3. The lowest BCUT2D eigenvalue weighted by Gasteiger charge is -2.30. The van der Waals surface area contributed by atoms with Crippen LogP contribution < -0.4 is 10.2 Å².